The standard InChI is InChI=1S/C10H11F2N3/c1-2-13-5-8-14-7-4-3-6(11)9(12)10(7)15-8/h3-4,13H,2,5H2,1H3,(H,14,15). The van der Waals surface area contributed by atoms with Crippen LogP contribution in [0.3, 0.4) is 0 Å². The maximum absolute atomic E-state index is 13.3. The molecule has 0 amide bonds. The van der Waals surface area contributed by atoms with Crippen molar-refractivity contribution in [2.75, 3.05) is 6.54 Å². The Bertz CT molecular complexity index is 479. The molecule has 0 aliphatic carbocycles. The van der Waals surface area contributed by atoms with Gasteiger partial charge in [0, 0.05) is 0 Å². The Hall–Kier alpha value is -1.49. The summed E-state index contributed by atoms with van der Waals surface area (Å²) in [6, 6.07) is 2.57. The van der Waals surface area contributed by atoms with E-state index < -0.39 is 11.6 Å². The monoisotopic (exact) mass is 211 g/mol. The highest BCUT2D eigenvalue weighted by Crippen LogP contribution is 2.17. The van der Waals surface area contributed by atoms with Crippen LogP contribution in [0.4, 0.5) is 8.78 Å². The average Bonchev–Trinajstić information content (AvgIpc) is 2.64. The highest BCUT2D eigenvalue weighted by molar-refractivity contribution is 5.75. The number of imidazole rings is 1. The quantitative estimate of drug-likeness (QED) is 0.814. The van der Waals surface area contributed by atoms with E-state index in [0.29, 0.717) is 17.9 Å². The van der Waals surface area contributed by atoms with Gasteiger partial charge in [-0.15, -0.1) is 0 Å². The zero-order valence-corrected chi connectivity index (χ0v) is 8.27. The first-order valence-corrected chi connectivity index (χ1v) is 4.75. The van der Waals surface area contributed by atoms with Crippen molar-refractivity contribution < 1.29 is 8.78 Å². The van der Waals surface area contributed by atoms with Gasteiger partial charge in [0.05, 0.1) is 12.1 Å². The van der Waals surface area contributed by atoms with Crippen molar-refractivity contribution in [2.45, 2.75) is 13.5 Å². The normalized spacial score (nSPS) is 11.1. The van der Waals surface area contributed by atoms with Crippen LogP contribution in [0.15, 0.2) is 12.1 Å². The summed E-state index contributed by atoms with van der Waals surface area (Å²) in [7, 11) is 0. The Kier molecular flexibility index (Phi) is 2.64. The minimum Gasteiger partial charge on any atom is -0.341 e. The molecule has 2 rings (SSSR count). The Labute approximate surface area is 85.5 Å². The molecule has 0 saturated carbocycles. The Morgan fingerprint density at radius 2 is 2.20 bits per heavy atom. The van der Waals surface area contributed by atoms with Crippen LogP contribution in [0.5, 0.6) is 0 Å². The second-order valence-electron chi connectivity index (χ2n) is 3.22. The summed E-state index contributed by atoms with van der Waals surface area (Å²) in [5.41, 5.74) is 0.574. The zero-order chi connectivity index (χ0) is 10.8. The van der Waals surface area contributed by atoms with Gasteiger partial charge < -0.3 is 10.3 Å². The second-order valence-corrected chi connectivity index (χ2v) is 3.22. The molecule has 0 aliphatic rings. The first-order valence-electron chi connectivity index (χ1n) is 4.75. The Morgan fingerprint density at radius 3 is 2.93 bits per heavy atom. The lowest BCUT2D eigenvalue weighted by Crippen LogP contribution is -2.12. The van der Waals surface area contributed by atoms with Gasteiger partial charge >= 0.3 is 0 Å². The fraction of sp³-hybridized carbons (Fsp3) is 0.300. The lowest BCUT2D eigenvalue weighted by Gasteiger charge is -1.94. The number of halogens is 2. The molecule has 0 fully saturated rings. The van der Waals surface area contributed by atoms with Crippen LogP contribution in [0.25, 0.3) is 11.0 Å². The second kappa shape index (κ2) is 3.94. The number of nitrogens with one attached hydrogen (secondary N) is 2. The molecule has 80 valence electrons. The molecule has 1 aromatic heterocycles. The van der Waals surface area contributed by atoms with Crippen molar-refractivity contribution in [1.29, 1.82) is 0 Å². The molecule has 0 saturated heterocycles. The van der Waals surface area contributed by atoms with E-state index in [4.69, 9.17) is 0 Å². The molecular formula is C10H11F2N3. The van der Waals surface area contributed by atoms with Crippen molar-refractivity contribution in [3.63, 3.8) is 0 Å². The molecule has 5 heteroatoms. The van der Waals surface area contributed by atoms with Gasteiger partial charge in [-0.05, 0) is 18.7 Å². The number of rotatable bonds is 3. The third kappa shape index (κ3) is 1.83. The van der Waals surface area contributed by atoms with Crippen molar-refractivity contribution in [3.8, 4) is 0 Å². The summed E-state index contributed by atoms with van der Waals surface area (Å²) in [6.07, 6.45) is 0. The summed E-state index contributed by atoms with van der Waals surface area (Å²) < 4.78 is 26.1. The molecule has 1 aromatic carbocycles. The molecule has 0 unspecified atom stereocenters. The summed E-state index contributed by atoms with van der Waals surface area (Å²) in [4.78, 5) is 6.90. The highest BCUT2D eigenvalue weighted by atomic mass is 19.2. The van der Waals surface area contributed by atoms with Crippen LogP contribution in [0.1, 0.15) is 12.7 Å². The largest absolute Gasteiger partial charge is 0.341 e. The van der Waals surface area contributed by atoms with E-state index in [0.717, 1.165) is 12.6 Å². The summed E-state index contributed by atoms with van der Waals surface area (Å²) >= 11 is 0. The number of H-pyrrole nitrogens is 1. The number of nitrogens with zero attached hydrogens (tertiary/aromatic N) is 1. The summed E-state index contributed by atoms with van der Waals surface area (Å²) in [5, 5.41) is 3.05. The number of aromatic nitrogens is 2. The van der Waals surface area contributed by atoms with Crippen molar-refractivity contribution in [3.05, 3.63) is 29.6 Å². The zero-order valence-electron chi connectivity index (χ0n) is 8.27. The number of fused-ring (bicyclic) bond motifs is 1. The van der Waals surface area contributed by atoms with Gasteiger partial charge in [-0.3, -0.25) is 0 Å². The first-order chi connectivity index (χ1) is 7.22. The third-order valence-corrected chi connectivity index (χ3v) is 2.14. The average molecular weight is 211 g/mol. The van der Waals surface area contributed by atoms with Crippen LogP contribution in [-0.4, -0.2) is 16.5 Å². The van der Waals surface area contributed by atoms with Gasteiger partial charge in [-0.25, -0.2) is 13.8 Å². The minimum absolute atomic E-state index is 0.0582. The van der Waals surface area contributed by atoms with E-state index in [1.165, 1.54) is 6.07 Å². The SMILES string of the molecule is CCNCc1nc2c(F)c(F)ccc2[nH]1. The van der Waals surface area contributed by atoms with E-state index in [9.17, 15) is 8.78 Å². The van der Waals surface area contributed by atoms with Gasteiger partial charge in [0.1, 0.15) is 11.3 Å². The number of hydrogen-bond donors (Lipinski definition) is 2. The lowest BCUT2D eigenvalue weighted by atomic mass is 10.3. The molecule has 2 aromatic rings. The van der Waals surface area contributed by atoms with Crippen LogP contribution in [-0.2, 0) is 6.54 Å². The topological polar surface area (TPSA) is 40.7 Å². The molecule has 1 heterocycles. The van der Waals surface area contributed by atoms with Gasteiger partial charge in [0.25, 0.3) is 0 Å². The van der Waals surface area contributed by atoms with E-state index in [1.807, 2.05) is 6.92 Å². The van der Waals surface area contributed by atoms with Crippen LogP contribution in [0, 0.1) is 11.6 Å². The maximum atomic E-state index is 13.3. The molecule has 15 heavy (non-hydrogen) atoms. The van der Waals surface area contributed by atoms with E-state index in [-0.39, 0.29) is 5.52 Å². The smallest absolute Gasteiger partial charge is 0.186 e. The fourth-order valence-electron chi connectivity index (χ4n) is 1.40. The maximum Gasteiger partial charge on any atom is 0.186 e. The molecule has 3 nitrogen and oxygen atoms in total. The lowest BCUT2D eigenvalue weighted by molar-refractivity contribution is 0.515. The van der Waals surface area contributed by atoms with E-state index in [1.54, 1.807) is 0 Å². The van der Waals surface area contributed by atoms with E-state index >= 15 is 0 Å². The van der Waals surface area contributed by atoms with Gasteiger partial charge in [0.2, 0.25) is 0 Å². The Morgan fingerprint density at radius 1 is 1.40 bits per heavy atom. The number of aromatic amines is 1. The molecule has 2 N–H and O–H groups in total. The van der Waals surface area contributed by atoms with Crippen molar-refractivity contribution in [1.82, 2.24) is 15.3 Å². The molecule has 0 aliphatic heterocycles. The predicted molar refractivity (Wildman–Crippen MR) is 53.4 cm³/mol. The summed E-state index contributed by atoms with van der Waals surface area (Å²) in [6.45, 7) is 3.28. The van der Waals surface area contributed by atoms with Crippen LogP contribution < -0.4 is 5.32 Å². The molecular weight excluding hydrogens is 200 g/mol. The minimum atomic E-state index is -0.897. The van der Waals surface area contributed by atoms with Crippen molar-refractivity contribution >= 4 is 11.0 Å². The molecule has 0 atom stereocenters. The molecule has 0 bridgehead atoms. The first kappa shape index (κ1) is 10.0. The van der Waals surface area contributed by atoms with Crippen LogP contribution in [0.2, 0.25) is 0 Å². The highest BCUT2D eigenvalue weighted by Gasteiger charge is 2.11. The molecule has 0 radical (unpaired) electrons. The van der Waals surface area contributed by atoms with Gasteiger partial charge in [-0.2, -0.15) is 0 Å². The van der Waals surface area contributed by atoms with Crippen molar-refractivity contribution in [2.24, 2.45) is 0 Å². The molecule has 0 spiro atoms. The number of hydrogen-bond acceptors (Lipinski definition) is 2. The van der Waals surface area contributed by atoms with E-state index in [2.05, 4.69) is 15.3 Å². The fourth-order valence-corrected chi connectivity index (χ4v) is 1.40. The van der Waals surface area contributed by atoms with Gasteiger partial charge in [0.15, 0.2) is 11.6 Å². The number of benzene rings is 1. The van der Waals surface area contributed by atoms with Gasteiger partial charge in [-0.1, -0.05) is 6.92 Å². The van der Waals surface area contributed by atoms with Crippen LogP contribution >= 0.6 is 0 Å². The Balaban J connectivity index is 2.42. The summed E-state index contributed by atoms with van der Waals surface area (Å²) in [5.74, 6) is -1.16. The third-order valence-electron chi connectivity index (χ3n) is 2.14. The predicted octanol–water partition coefficient (Wildman–Crippen LogP) is 1.95.